The molecule has 2 heterocycles. The van der Waals surface area contributed by atoms with Crippen LogP contribution in [0.5, 0.6) is 11.5 Å². The monoisotopic (exact) mass is 810 g/mol. The Balaban J connectivity index is 1.28. The van der Waals surface area contributed by atoms with Gasteiger partial charge in [0.1, 0.15) is 36.5 Å². The van der Waals surface area contributed by atoms with Gasteiger partial charge in [0.05, 0.1) is 41.8 Å². The van der Waals surface area contributed by atoms with Crippen molar-refractivity contribution in [1.29, 1.82) is 5.26 Å². The molecule has 304 valence electrons. The SMILES string of the molecule is Cc1c(COc2cc(OCc3cncc(C#N)c3)c(CNC[C@@H](O)CC(=O)O)cc2Cl)cccc1-c1cccc(-c2cn(CCCCC[C@@H](O)CC(=O)O)nn2)c1C. The zero-order valence-electron chi connectivity index (χ0n) is 32.4. The van der Waals surface area contributed by atoms with Gasteiger partial charge in [-0.15, -0.1) is 5.10 Å². The van der Waals surface area contributed by atoms with E-state index in [9.17, 15) is 25.1 Å². The van der Waals surface area contributed by atoms with E-state index < -0.39 is 30.6 Å². The summed E-state index contributed by atoms with van der Waals surface area (Å²) in [6.45, 7) is 5.35. The van der Waals surface area contributed by atoms with E-state index in [4.69, 9.17) is 31.3 Å². The predicted molar refractivity (Wildman–Crippen MR) is 216 cm³/mol. The van der Waals surface area contributed by atoms with Gasteiger partial charge >= 0.3 is 11.9 Å². The topological polar surface area (TPSA) is 213 Å². The second kappa shape index (κ2) is 21.1. The third-order valence-electron chi connectivity index (χ3n) is 9.64. The fraction of sp³-hybridized carbons (Fsp3) is 0.349. The van der Waals surface area contributed by atoms with Gasteiger partial charge in [0.2, 0.25) is 0 Å². The number of pyridine rings is 1. The van der Waals surface area contributed by atoms with Crippen LogP contribution >= 0.6 is 11.6 Å². The number of aliphatic carboxylic acids is 2. The number of carboxylic acids is 2. The van der Waals surface area contributed by atoms with E-state index in [2.05, 4.69) is 45.7 Å². The summed E-state index contributed by atoms with van der Waals surface area (Å²) in [7, 11) is 0. The number of hydrogen-bond donors (Lipinski definition) is 5. The van der Waals surface area contributed by atoms with E-state index in [0.717, 1.165) is 58.3 Å². The Hall–Kier alpha value is -5.85. The van der Waals surface area contributed by atoms with Crippen LogP contribution in [-0.4, -0.2) is 71.1 Å². The first kappa shape index (κ1) is 43.3. The molecule has 0 fully saturated rings. The lowest BCUT2D eigenvalue weighted by Gasteiger charge is -2.18. The molecule has 0 radical (unpaired) electrons. The normalized spacial score (nSPS) is 12.1. The first-order chi connectivity index (χ1) is 27.9. The Morgan fingerprint density at radius 2 is 1.57 bits per heavy atom. The summed E-state index contributed by atoms with van der Waals surface area (Å²) in [5.74, 6) is -1.26. The number of hydrogen-bond acceptors (Lipinski definition) is 11. The zero-order valence-corrected chi connectivity index (χ0v) is 33.2. The molecule has 0 aliphatic rings. The van der Waals surface area contributed by atoms with Crippen molar-refractivity contribution in [2.45, 2.75) is 90.9 Å². The minimum Gasteiger partial charge on any atom is -0.488 e. The number of aliphatic hydroxyl groups excluding tert-OH is 2. The average Bonchev–Trinajstić information content (AvgIpc) is 3.66. The molecule has 0 aliphatic heterocycles. The number of unbranched alkanes of at least 4 members (excludes halogenated alkanes) is 2. The fourth-order valence-electron chi connectivity index (χ4n) is 6.55. The summed E-state index contributed by atoms with van der Waals surface area (Å²) in [5.41, 5.74) is 8.55. The summed E-state index contributed by atoms with van der Waals surface area (Å²) < 4.78 is 14.3. The third kappa shape index (κ3) is 12.3. The number of rotatable bonds is 22. The lowest BCUT2D eigenvalue weighted by molar-refractivity contribution is -0.140. The van der Waals surface area contributed by atoms with Gasteiger partial charge in [0.25, 0.3) is 0 Å². The highest BCUT2D eigenvalue weighted by Crippen LogP contribution is 2.36. The number of ether oxygens (including phenoxy) is 2. The van der Waals surface area contributed by atoms with E-state index in [-0.39, 0.29) is 32.7 Å². The second-order valence-electron chi connectivity index (χ2n) is 14.1. The van der Waals surface area contributed by atoms with Crippen molar-refractivity contribution in [3.8, 4) is 40.0 Å². The smallest absolute Gasteiger partial charge is 0.306 e. The number of carbonyl (C=O) groups is 2. The molecule has 2 aromatic heterocycles. The zero-order chi connectivity index (χ0) is 41.6. The highest BCUT2D eigenvalue weighted by molar-refractivity contribution is 6.32. The Morgan fingerprint density at radius 1 is 0.862 bits per heavy atom. The van der Waals surface area contributed by atoms with Crippen molar-refractivity contribution in [2.75, 3.05) is 6.54 Å². The summed E-state index contributed by atoms with van der Waals surface area (Å²) >= 11 is 6.75. The van der Waals surface area contributed by atoms with Gasteiger partial charge in [0.15, 0.2) is 0 Å². The number of aromatic nitrogens is 4. The number of benzene rings is 3. The van der Waals surface area contributed by atoms with Gasteiger partial charge in [-0.05, 0) is 66.6 Å². The molecule has 0 amide bonds. The predicted octanol–water partition coefficient (Wildman–Crippen LogP) is 6.63. The maximum atomic E-state index is 11.0. The van der Waals surface area contributed by atoms with E-state index in [1.807, 2.05) is 37.4 Å². The van der Waals surface area contributed by atoms with Crippen molar-refractivity contribution in [1.82, 2.24) is 25.3 Å². The van der Waals surface area contributed by atoms with Gasteiger partial charge in [-0.25, -0.2) is 0 Å². The first-order valence-electron chi connectivity index (χ1n) is 18.9. The molecular weight excluding hydrogens is 764 g/mol. The van der Waals surface area contributed by atoms with Crippen LogP contribution in [0.2, 0.25) is 5.02 Å². The molecule has 0 saturated carbocycles. The van der Waals surface area contributed by atoms with Crippen LogP contribution in [0.15, 0.2) is 73.2 Å². The number of carboxylic acid groups (broad SMARTS) is 2. The van der Waals surface area contributed by atoms with Crippen molar-refractivity contribution < 1.29 is 39.5 Å². The molecule has 5 aromatic rings. The number of nitrogens with zero attached hydrogens (tertiary/aromatic N) is 5. The Morgan fingerprint density at radius 3 is 2.33 bits per heavy atom. The van der Waals surface area contributed by atoms with E-state index >= 15 is 0 Å². The molecule has 2 atom stereocenters. The van der Waals surface area contributed by atoms with Crippen LogP contribution in [0.1, 0.15) is 71.9 Å². The minimum atomic E-state index is -1.10. The Kier molecular flexibility index (Phi) is 15.7. The summed E-state index contributed by atoms with van der Waals surface area (Å²) in [5, 5.41) is 59.1. The molecule has 0 unspecified atom stereocenters. The van der Waals surface area contributed by atoms with Gasteiger partial charge in [-0.1, -0.05) is 66.1 Å². The molecule has 5 rings (SSSR count). The van der Waals surface area contributed by atoms with Crippen molar-refractivity contribution in [3.05, 3.63) is 112 Å². The van der Waals surface area contributed by atoms with Gasteiger partial charge in [0, 0.05) is 54.8 Å². The number of halogens is 1. The largest absolute Gasteiger partial charge is 0.488 e. The summed E-state index contributed by atoms with van der Waals surface area (Å²) in [6, 6.07) is 19.3. The maximum absolute atomic E-state index is 11.0. The van der Waals surface area contributed by atoms with E-state index in [0.29, 0.717) is 46.2 Å². The molecule has 0 spiro atoms. The van der Waals surface area contributed by atoms with Crippen molar-refractivity contribution in [3.63, 3.8) is 0 Å². The minimum absolute atomic E-state index is 0.0425. The van der Waals surface area contributed by atoms with Crippen molar-refractivity contribution >= 4 is 23.5 Å². The molecule has 0 saturated heterocycles. The number of aryl methyl sites for hydroxylation is 1. The molecule has 58 heavy (non-hydrogen) atoms. The van der Waals surface area contributed by atoms with Crippen molar-refractivity contribution in [2.24, 2.45) is 0 Å². The van der Waals surface area contributed by atoms with E-state index in [1.54, 1.807) is 29.1 Å². The Bertz CT molecular complexity index is 2240. The lowest BCUT2D eigenvalue weighted by Crippen LogP contribution is -2.28. The maximum Gasteiger partial charge on any atom is 0.306 e. The molecule has 0 aliphatic carbocycles. The Labute approximate surface area is 341 Å². The van der Waals surface area contributed by atoms with Crippen LogP contribution in [0.25, 0.3) is 22.4 Å². The highest BCUT2D eigenvalue weighted by Gasteiger charge is 2.17. The molecular formula is C43H47ClN6O8. The number of aliphatic hydroxyl groups is 2. The fourth-order valence-corrected chi connectivity index (χ4v) is 6.79. The van der Waals surface area contributed by atoms with E-state index in [1.165, 1.54) is 6.20 Å². The highest BCUT2D eigenvalue weighted by atomic mass is 35.5. The quantitative estimate of drug-likeness (QED) is 0.0465. The third-order valence-corrected chi connectivity index (χ3v) is 9.94. The molecule has 15 heteroatoms. The average molecular weight is 811 g/mol. The van der Waals surface area contributed by atoms with Gasteiger partial charge in [-0.2, -0.15) is 5.26 Å². The van der Waals surface area contributed by atoms with Gasteiger partial charge < -0.3 is 35.2 Å². The molecule has 14 nitrogen and oxygen atoms in total. The van der Waals surface area contributed by atoms with Crippen LogP contribution in [0.3, 0.4) is 0 Å². The molecule has 0 bridgehead atoms. The summed E-state index contributed by atoms with van der Waals surface area (Å²) in [4.78, 5) is 25.9. The summed E-state index contributed by atoms with van der Waals surface area (Å²) in [6.07, 6.45) is 5.32. The number of nitriles is 1. The molecule has 3 aromatic carbocycles. The number of nitrogens with one attached hydrogen (secondary N) is 1. The second-order valence-corrected chi connectivity index (χ2v) is 14.5. The van der Waals surface area contributed by atoms with Crippen LogP contribution < -0.4 is 14.8 Å². The van der Waals surface area contributed by atoms with Crippen LogP contribution in [-0.2, 0) is 35.9 Å². The first-order valence-corrected chi connectivity index (χ1v) is 19.3. The standard InChI is InChI=1S/C43H47ClN6O8/c1-27-31(8-6-10-35(27)36-11-7-12-37(28(36)2)39-24-50(49-48-39)13-5-3-4-9-33(51)16-42(53)54)26-58-41-18-40(57-25-30-14-29(19-45)20-46-21-30)32(15-38(41)44)22-47-23-34(52)17-43(55)56/h6-8,10-12,14-15,18,20-21,24,33-34,47,51-52H,3-5,9,13,16-17,22-23,25-26H2,1-2H3,(H,53,54)(H,55,56)/t33-,34+/m1/s1. The molecule has 5 N–H and O–H groups in total. The van der Waals surface area contributed by atoms with Crippen LogP contribution in [0, 0.1) is 25.2 Å². The lowest BCUT2D eigenvalue weighted by atomic mass is 9.91. The van der Waals surface area contributed by atoms with Crippen LogP contribution in [0.4, 0.5) is 0 Å². The van der Waals surface area contributed by atoms with Gasteiger partial charge in [-0.3, -0.25) is 19.3 Å².